The summed E-state index contributed by atoms with van der Waals surface area (Å²) < 4.78 is 2.00. The quantitative estimate of drug-likeness (QED) is 0.202. The Bertz CT molecular complexity index is 1960. The number of benzene rings is 3. The van der Waals surface area contributed by atoms with Crippen molar-refractivity contribution < 1.29 is 9.59 Å². The Morgan fingerprint density at radius 2 is 1.67 bits per heavy atom. The minimum atomic E-state index is -0.794. The summed E-state index contributed by atoms with van der Waals surface area (Å²) in [5.41, 5.74) is 7.64. The zero-order chi connectivity index (χ0) is 33.2. The third-order valence-corrected chi connectivity index (χ3v) is 9.49. The van der Waals surface area contributed by atoms with Crippen LogP contribution in [-0.2, 0) is 24.2 Å². The maximum absolute atomic E-state index is 14.3. The molecular weight excluding hydrogens is 645 g/mol. The lowest BCUT2D eigenvalue weighted by Crippen LogP contribution is -2.61. The number of amides is 3. The molecule has 1 aliphatic carbocycles. The fourth-order valence-corrected chi connectivity index (χ4v) is 7.05. The number of imidazole rings is 1. The number of halogens is 2. The Labute approximate surface area is 289 Å². The lowest BCUT2D eigenvalue weighted by Gasteiger charge is -2.43. The van der Waals surface area contributed by atoms with Crippen molar-refractivity contribution >= 4 is 46.5 Å². The lowest BCUT2D eigenvalue weighted by atomic mass is 9.95. The Hall–Kier alpha value is -4.70. The summed E-state index contributed by atoms with van der Waals surface area (Å²) in [6.45, 7) is 3.75. The zero-order valence-corrected chi connectivity index (χ0v) is 28.0. The monoisotopic (exact) mass is 679 g/mol. The Kier molecular flexibility index (Phi) is 9.17. The lowest BCUT2D eigenvalue weighted by molar-refractivity contribution is -0.122. The van der Waals surface area contributed by atoms with Crippen LogP contribution < -0.4 is 10.6 Å². The van der Waals surface area contributed by atoms with Crippen molar-refractivity contribution in [2.24, 2.45) is 0 Å². The van der Waals surface area contributed by atoms with Crippen LogP contribution in [0.15, 0.2) is 97.6 Å². The summed E-state index contributed by atoms with van der Waals surface area (Å²) in [7, 11) is 0. The first-order valence-electron chi connectivity index (χ1n) is 16.0. The number of hydrogen-bond acceptors (Lipinski definition) is 5. The molecule has 11 heteroatoms. The smallest absolute Gasteiger partial charge is 0.322 e. The number of pyridine rings is 1. The summed E-state index contributed by atoms with van der Waals surface area (Å²) in [5.74, 6) is -0.271. The van der Waals surface area contributed by atoms with Crippen molar-refractivity contribution in [2.75, 3.05) is 30.3 Å². The van der Waals surface area contributed by atoms with Crippen molar-refractivity contribution in [3.8, 4) is 0 Å². The SMILES string of the molecule is Cc1cn(Cc2cccc(NC(=O)[C@H]3CN([C@H]4c5ccc(Cl)cc5CCc5cccnc54)CCN3C(=O)Nc3ccc(Cl)cc3)c2)cn1. The van der Waals surface area contributed by atoms with Crippen LogP contribution >= 0.6 is 23.2 Å². The van der Waals surface area contributed by atoms with Gasteiger partial charge in [0.2, 0.25) is 5.91 Å². The van der Waals surface area contributed by atoms with Crippen molar-refractivity contribution in [3.05, 3.63) is 141 Å². The normalized spacial score (nSPS) is 17.6. The maximum atomic E-state index is 14.3. The van der Waals surface area contributed by atoms with E-state index in [0.29, 0.717) is 47.6 Å². The maximum Gasteiger partial charge on any atom is 0.322 e. The highest BCUT2D eigenvalue weighted by molar-refractivity contribution is 6.31. The second-order valence-corrected chi connectivity index (χ2v) is 13.2. The number of hydrogen-bond donors (Lipinski definition) is 2. The average Bonchev–Trinajstić information content (AvgIpc) is 3.42. The van der Waals surface area contributed by atoms with Crippen LogP contribution in [0.2, 0.25) is 10.0 Å². The molecule has 2 atom stereocenters. The van der Waals surface area contributed by atoms with E-state index in [1.54, 1.807) is 35.5 Å². The second kappa shape index (κ2) is 13.8. The number of nitrogens with one attached hydrogen (secondary N) is 2. The number of nitrogens with zero attached hydrogens (tertiary/aromatic N) is 5. The molecule has 3 aromatic carbocycles. The van der Waals surface area contributed by atoms with Crippen molar-refractivity contribution in [1.29, 1.82) is 0 Å². The van der Waals surface area contributed by atoms with Crippen LogP contribution in [0, 0.1) is 6.92 Å². The van der Waals surface area contributed by atoms with Crippen molar-refractivity contribution in [1.82, 2.24) is 24.3 Å². The highest BCUT2D eigenvalue weighted by Crippen LogP contribution is 2.38. The molecule has 1 saturated heterocycles. The standard InChI is InChI=1S/C37H35Cl2N7O2/c1-24-20-44(23-41-24)21-25-4-2-6-31(18-25)42-36(47)33-22-45(16-17-46(33)37(48)43-30-12-9-28(38)10-13-30)35-32-14-11-29(39)19-27(32)8-7-26-5-3-15-40-34(26)35/h2-6,9-15,18-20,23,33,35H,7-8,16-17,21-22H2,1H3,(H,42,47)(H,43,48)/t33-,35+/m1/s1. The van der Waals surface area contributed by atoms with Crippen molar-refractivity contribution in [2.45, 2.75) is 38.4 Å². The molecule has 2 aliphatic rings. The van der Waals surface area contributed by atoms with Gasteiger partial charge in [-0.25, -0.2) is 9.78 Å². The first-order chi connectivity index (χ1) is 23.3. The third kappa shape index (κ3) is 6.94. The molecule has 0 spiro atoms. The molecule has 0 bridgehead atoms. The number of anilines is 2. The number of fused-ring (bicyclic) bond motifs is 2. The third-order valence-electron chi connectivity index (χ3n) is 9.01. The summed E-state index contributed by atoms with van der Waals surface area (Å²) in [6.07, 6.45) is 7.28. The summed E-state index contributed by atoms with van der Waals surface area (Å²) in [4.78, 5) is 41.1. The first kappa shape index (κ1) is 31.9. The van der Waals surface area contributed by atoms with Gasteiger partial charge in [-0.15, -0.1) is 0 Å². The molecule has 0 saturated carbocycles. The van der Waals surface area contributed by atoms with Crippen LogP contribution in [0.25, 0.3) is 0 Å². The molecule has 2 N–H and O–H groups in total. The molecular formula is C37H35Cl2N7O2. The van der Waals surface area contributed by atoms with Gasteiger partial charge < -0.3 is 20.1 Å². The van der Waals surface area contributed by atoms with E-state index < -0.39 is 6.04 Å². The van der Waals surface area contributed by atoms with Crippen LogP contribution in [0.5, 0.6) is 0 Å². The molecule has 0 unspecified atom stereocenters. The van der Waals surface area contributed by atoms with Gasteiger partial charge in [-0.1, -0.05) is 47.5 Å². The van der Waals surface area contributed by atoms with Crippen LogP contribution in [0.1, 0.15) is 39.7 Å². The van der Waals surface area contributed by atoms with E-state index in [1.807, 2.05) is 66.3 Å². The number of aryl methyl sites for hydroxylation is 3. The van der Waals surface area contributed by atoms with E-state index >= 15 is 0 Å². The topological polar surface area (TPSA) is 95.4 Å². The van der Waals surface area contributed by atoms with Gasteiger partial charge in [-0.3, -0.25) is 14.7 Å². The molecule has 1 fully saturated rings. The van der Waals surface area contributed by atoms with Gasteiger partial charge in [0.05, 0.1) is 23.8 Å². The minimum Gasteiger partial charge on any atom is -0.333 e. The molecule has 1 aliphatic heterocycles. The molecule has 244 valence electrons. The van der Waals surface area contributed by atoms with Gasteiger partial charge in [0.25, 0.3) is 0 Å². The van der Waals surface area contributed by atoms with Crippen LogP contribution in [0.4, 0.5) is 16.2 Å². The fraction of sp³-hybridized carbons (Fsp3) is 0.243. The molecule has 3 amide bonds. The number of piperazine rings is 1. The number of carbonyl (C=O) groups is 2. The highest BCUT2D eigenvalue weighted by atomic mass is 35.5. The Balaban J connectivity index is 1.19. The second-order valence-electron chi connectivity index (χ2n) is 12.3. The molecule has 2 aromatic heterocycles. The van der Waals surface area contributed by atoms with Crippen molar-refractivity contribution in [3.63, 3.8) is 0 Å². The van der Waals surface area contributed by atoms with Gasteiger partial charge in [0.1, 0.15) is 6.04 Å². The van der Waals surface area contributed by atoms with Gasteiger partial charge in [-0.05, 0) is 96.6 Å². The molecule has 5 aromatic rings. The van der Waals surface area contributed by atoms with Gasteiger partial charge in [-0.2, -0.15) is 0 Å². The van der Waals surface area contributed by atoms with Gasteiger partial charge in [0, 0.05) is 60.0 Å². The molecule has 3 heterocycles. The number of carbonyl (C=O) groups excluding carboxylic acids is 2. The van der Waals surface area contributed by atoms with Gasteiger partial charge >= 0.3 is 6.03 Å². The van der Waals surface area contributed by atoms with Crippen LogP contribution in [-0.4, -0.2) is 61.9 Å². The molecule has 48 heavy (non-hydrogen) atoms. The molecule has 7 rings (SSSR count). The van der Waals surface area contributed by atoms with E-state index in [0.717, 1.165) is 35.4 Å². The number of rotatable bonds is 6. The Morgan fingerprint density at radius 1 is 0.854 bits per heavy atom. The van der Waals surface area contributed by atoms with Crippen LogP contribution in [0.3, 0.4) is 0 Å². The summed E-state index contributed by atoms with van der Waals surface area (Å²) in [5, 5.41) is 7.34. The largest absolute Gasteiger partial charge is 0.333 e. The number of urea groups is 1. The average molecular weight is 681 g/mol. The first-order valence-corrected chi connectivity index (χ1v) is 16.7. The predicted molar refractivity (Wildman–Crippen MR) is 189 cm³/mol. The van der Waals surface area contributed by atoms with E-state index in [1.165, 1.54) is 11.1 Å². The van der Waals surface area contributed by atoms with E-state index in [9.17, 15) is 9.59 Å². The minimum absolute atomic E-state index is 0.199. The Morgan fingerprint density at radius 3 is 2.48 bits per heavy atom. The molecule has 9 nitrogen and oxygen atoms in total. The summed E-state index contributed by atoms with van der Waals surface area (Å²) in [6, 6.07) is 23.5. The van der Waals surface area contributed by atoms with E-state index in [2.05, 4.69) is 32.7 Å². The zero-order valence-electron chi connectivity index (χ0n) is 26.4. The van der Waals surface area contributed by atoms with E-state index in [-0.39, 0.29) is 18.0 Å². The predicted octanol–water partition coefficient (Wildman–Crippen LogP) is 6.99. The van der Waals surface area contributed by atoms with Gasteiger partial charge in [0.15, 0.2) is 0 Å². The number of aromatic nitrogens is 3. The van der Waals surface area contributed by atoms with E-state index in [4.69, 9.17) is 28.2 Å². The highest BCUT2D eigenvalue weighted by Gasteiger charge is 2.40. The molecule has 0 radical (unpaired) electrons. The summed E-state index contributed by atoms with van der Waals surface area (Å²) >= 11 is 12.5. The fourth-order valence-electron chi connectivity index (χ4n) is 6.73.